The van der Waals surface area contributed by atoms with Gasteiger partial charge in [0.1, 0.15) is 0 Å². The summed E-state index contributed by atoms with van der Waals surface area (Å²) in [6.07, 6.45) is 18.1. The van der Waals surface area contributed by atoms with E-state index in [0.29, 0.717) is 95.9 Å². The highest BCUT2D eigenvalue weighted by Crippen LogP contribution is 2.50. The molecule has 0 bridgehead atoms. The maximum Gasteiger partial charge on any atom is 0.261 e. The van der Waals surface area contributed by atoms with Crippen LogP contribution in [0.5, 0.6) is 0 Å². The van der Waals surface area contributed by atoms with Gasteiger partial charge in [-0.2, -0.15) is 0 Å². The van der Waals surface area contributed by atoms with Crippen molar-refractivity contribution in [1.82, 2.24) is 19.6 Å². The molecule has 2 aromatic heterocycles. The standard InChI is InChI=1S/C73H102N4O4S2/c1-49(2)24-20-28-53(9)40-44-74(48-78)69(64-57(13)67(58-32-16-14-17-33-58)75(71(64)79)45-41-54(10)29-21-25-50(3)4)62-38-36-60(82-62)61-37-39-63(83-61)70-66-65(72(80)77(70)47-43-56(12)31-23-27-52(7)8)68(59-34-18-15-19-35-59)76(73(66)81)46-42-55(11)30-22-26-51(5)6/h14-19,32-39,48-56H,20-31,40-47H2,1-13H3/b69-64+. The molecule has 3 aliphatic heterocycles. The highest BCUT2D eigenvalue weighted by Gasteiger charge is 2.49. The Morgan fingerprint density at radius 1 is 0.434 bits per heavy atom. The van der Waals surface area contributed by atoms with Gasteiger partial charge in [-0.25, -0.2) is 0 Å². The zero-order chi connectivity index (χ0) is 59.9. The van der Waals surface area contributed by atoms with Gasteiger partial charge in [0.25, 0.3) is 17.7 Å². The molecule has 4 atom stereocenters. The number of hydrogen-bond acceptors (Lipinski definition) is 6. The van der Waals surface area contributed by atoms with E-state index in [4.69, 9.17) is 0 Å². The van der Waals surface area contributed by atoms with Gasteiger partial charge < -0.3 is 19.6 Å². The first-order valence-corrected chi connectivity index (χ1v) is 33.9. The van der Waals surface area contributed by atoms with Gasteiger partial charge in [-0.15, -0.1) is 22.7 Å². The maximum atomic E-state index is 15.5. The summed E-state index contributed by atoms with van der Waals surface area (Å²) in [4.78, 5) is 71.3. The fourth-order valence-corrected chi connectivity index (χ4v) is 14.7. The van der Waals surface area contributed by atoms with Crippen LogP contribution in [0.15, 0.2) is 107 Å². The monoisotopic (exact) mass is 1160 g/mol. The van der Waals surface area contributed by atoms with Crippen molar-refractivity contribution in [1.29, 1.82) is 0 Å². The summed E-state index contributed by atoms with van der Waals surface area (Å²) >= 11 is 3.21. The Bertz CT molecular complexity index is 2920. The fourth-order valence-electron chi connectivity index (χ4n) is 12.5. The fraction of sp³-hybridized carbons (Fsp3) is 0.562. The average Bonchev–Trinajstić information content (AvgIpc) is 1.96. The molecule has 4 aromatic rings. The second kappa shape index (κ2) is 31.2. The molecule has 2 aromatic carbocycles. The van der Waals surface area contributed by atoms with Crippen molar-refractivity contribution in [2.75, 3.05) is 26.2 Å². The summed E-state index contributed by atoms with van der Waals surface area (Å²) in [5, 5.41) is 0. The van der Waals surface area contributed by atoms with Crippen LogP contribution in [0.1, 0.15) is 214 Å². The molecule has 0 spiro atoms. The van der Waals surface area contributed by atoms with Crippen molar-refractivity contribution in [3.05, 3.63) is 128 Å². The number of amides is 4. The SMILES string of the molecule is CC1=C(c2ccccc2)N(CCC(C)CCCC(C)C)C(=O)/C1=C(\c1ccc(-c2ccc(C3=C4C(=O)N(CCC(C)CCCC(C)C)C(c5ccccc5)=C4C(=O)N3CCC(C)CCCC(C)C)s2)s1)N(C=O)CCC(C)CCCC(C)C. The molecule has 0 N–H and O–H groups in total. The largest absolute Gasteiger partial charge is 0.313 e. The number of nitrogens with zero attached hydrogens (tertiary/aromatic N) is 4. The average molecular weight is 1160 g/mol. The van der Waals surface area contributed by atoms with Gasteiger partial charge in [0.2, 0.25) is 6.41 Å². The van der Waals surface area contributed by atoms with Gasteiger partial charge in [-0.1, -0.05) is 221 Å². The van der Waals surface area contributed by atoms with Gasteiger partial charge in [-0.05, 0) is 121 Å². The predicted octanol–water partition coefficient (Wildman–Crippen LogP) is 19.1. The first kappa shape index (κ1) is 65.2. The van der Waals surface area contributed by atoms with Gasteiger partial charge in [0.05, 0.1) is 49.3 Å². The summed E-state index contributed by atoms with van der Waals surface area (Å²) in [7, 11) is 0. The van der Waals surface area contributed by atoms with Gasteiger partial charge >= 0.3 is 0 Å². The minimum absolute atomic E-state index is 0.0563. The quantitative estimate of drug-likeness (QED) is 0.0339. The first-order chi connectivity index (χ1) is 39.8. The van der Waals surface area contributed by atoms with E-state index in [1.165, 1.54) is 32.1 Å². The van der Waals surface area contributed by atoms with Crippen LogP contribution < -0.4 is 0 Å². The Morgan fingerprint density at radius 2 is 0.819 bits per heavy atom. The number of fused-ring (bicyclic) bond motifs is 1. The number of carbonyl (C=O) groups is 4. The van der Waals surface area contributed by atoms with Crippen LogP contribution in [-0.4, -0.2) is 69.9 Å². The Morgan fingerprint density at radius 3 is 1.28 bits per heavy atom. The Balaban J connectivity index is 1.30. The summed E-state index contributed by atoms with van der Waals surface area (Å²) < 4.78 is 0. The van der Waals surface area contributed by atoms with E-state index in [9.17, 15) is 4.79 Å². The van der Waals surface area contributed by atoms with Crippen LogP contribution >= 0.6 is 22.7 Å². The third-order valence-electron chi connectivity index (χ3n) is 17.6. The molecule has 10 heteroatoms. The Kier molecular flexibility index (Phi) is 24.5. The van der Waals surface area contributed by atoms with Crippen LogP contribution in [0.25, 0.3) is 32.5 Å². The highest BCUT2D eigenvalue weighted by atomic mass is 32.1. The lowest BCUT2D eigenvalue weighted by Crippen LogP contribution is -2.31. The minimum Gasteiger partial charge on any atom is -0.313 e. The predicted molar refractivity (Wildman–Crippen MR) is 352 cm³/mol. The van der Waals surface area contributed by atoms with Crippen LogP contribution in [0.2, 0.25) is 0 Å². The van der Waals surface area contributed by atoms with Crippen molar-refractivity contribution in [2.45, 2.75) is 193 Å². The van der Waals surface area contributed by atoms with Crippen molar-refractivity contribution in [3.8, 4) is 9.75 Å². The smallest absolute Gasteiger partial charge is 0.261 e. The molecule has 0 aliphatic carbocycles. The highest BCUT2D eigenvalue weighted by molar-refractivity contribution is 7.23. The van der Waals surface area contributed by atoms with Crippen molar-refractivity contribution < 1.29 is 19.2 Å². The number of thiophene rings is 2. The summed E-state index contributed by atoms with van der Waals surface area (Å²) in [6, 6.07) is 28.8. The van der Waals surface area contributed by atoms with Crippen molar-refractivity contribution in [3.63, 3.8) is 0 Å². The lowest BCUT2D eigenvalue weighted by atomic mass is 9.96. The van der Waals surface area contributed by atoms with Gasteiger partial charge in [0, 0.05) is 35.9 Å². The van der Waals surface area contributed by atoms with Crippen LogP contribution in [0, 0.1) is 47.3 Å². The normalized spacial score (nSPS) is 17.0. The Labute approximate surface area is 509 Å². The minimum atomic E-state index is -0.0916. The maximum absolute atomic E-state index is 15.5. The third kappa shape index (κ3) is 17.0. The van der Waals surface area contributed by atoms with Crippen LogP contribution in [-0.2, 0) is 19.2 Å². The summed E-state index contributed by atoms with van der Waals surface area (Å²) in [6.45, 7) is 31.6. The van der Waals surface area contributed by atoms with Crippen molar-refractivity contribution >= 4 is 69.6 Å². The number of benzene rings is 2. The molecule has 3 aliphatic rings. The van der Waals surface area contributed by atoms with Crippen LogP contribution in [0.4, 0.5) is 0 Å². The summed E-state index contributed by atoms with van der Waals surface area (Å²) in [5.74, 6) is 4.08. The molecule has 7 rings (SSSR count). The lowest BCUT2D eigenvalue weighted by molar-refractivity contribution is -0.124. The second-order valence-electron chi connectivity index (χ2n) is 26.7. The molecule has 0 fully saturated rings. The molecule has 4 unspecified atom stereocenters. The zero-order valence-corrected chi connectivity index (χ0v) is 54.8. The molecule has 0 saturated heterocycles. The number of carbonyl (C=O) groups excluding carboxylic acids is 4. The van der Waals surface area contributed by atoms with E-state index in [0.717, 1.165) is 130 Å². The molecule has 0 saturated carbocycles. The molecule has 4 amide bonds. The third-order valence-corrected chi connectivity index (χ3v) is 20.0. The van der Waals surface area contributed by atoms with E-state index in [1.807, 2.05) is 68.1 Å². The molecule has 0 radical (unpaired) electrons. The van der Waals surface area contributed by atoms with E-state index >= 15 is 14.4 Å². The lowest BCUT2D eigenvalue weighted by Gasteiger charge is -2.26. The number of rotatable bonds is 35. The van der Waals surface area contributed by atoms with Crippen molar-refractivity contribution in [2.24, 2.45) is 47.3 Å². The second-order valence-corrected chi connectivity index (χ2v) is 28.9. The topological polar surface area (TPSA) is 81.2 Å². The molecule has 8 nitrogen and oxygen atoms in total. The van der Waals surface area contributed by atoms with Gasteiger partial charge in [0.15, 0.2) is 0 Å². The molecule has 5 heterocycles. The molecule has 450 valence electrons. The molecular formula is C73H102N4O4S2. The molecular weight excluding hydrogens is 1060 g/mol. The van der Waals surface area contributed by atoms with E-state index in [-0.39, 0.29) is 17.7 Å². The first-order valence-electron chi connectivity index (χ1n) is 32.2. The van der Waals surface area contributed by atoms with E-state index in [1.54, 1.807) is 22.7 Å². The number of hydrogen-bond donors (Lipinski definition) is 0. The molecule has 83 heavy (non-hydrogen) atoms. The van der Waals surface area contributed by atoms with Gasteiger partial charge in [-0.3, -0.25) is 19.2 Å². The Hall–Kier alpha value is -5.32. The van der Waals surface area contributed by atoms with E-state index < -0.39 is 0 Å². The summed E-state index contributed by atoms with van der Waals surface area (Å²) in [5.41, 5.74) is 7.44. The zero-order valence-electron chi connectivity index (χ0n) is 53.2. The van der Waals surface area contributed by atoms with Crippen LogP contribution in [0.3, 0.4) is 0 Å². The van der Waals surface area contributed by atoms with E-state index in [2.05, 4.69) is 126 Å².